The van der Waals surface area contributed by atoms with Crippen LogP contribution in [0.3, 0.4) is 0 Å². The Balaban J connectivity index is 1.78. The molecule has 4 nitrogen and oxygen atoms in total. The van der Waals surface area contributed by atoms with E-state index in [0.717, 1.165) is 0 Å². The van der Waals surface area contributed by atoms with Crippen molar-refractivity contribution in [3.8, 4) is 11.5 Å². The first-order valence-electron chi connectivity index (χ1n) is 8.75. The maximum Gasteiger partial charge on any atom is 0.318 e. The lowest BCUT2D eigenvalue weighted by Crippen LogP contribution is -2.27. The summed E-state index contributed by atoms with van der Waals surface area (Å²) in [6.07, 6.45) is 1.41. The summed E-state index contributed by atoms with van der Waals surface area (Å²) in [5, 5.41) is 0. The second kappa shape index (κ2) is 8.37. The number of halogens is 2. The summed E-state index contributed by atoms with van der Waals surface area (Å²) < 4.78 is 14.3. The number of ether oxygens (including phenoxy) is 2. The Morgan fingerprint density at radius 3 is 2.36 bits per heavy atom. The van der Waals surface area contributed by atoms with Crippen LogP contribution in [0.5, 0.6) is 11.5 Å². The highest BCUT2D eigenvalue weighted by Gasteiger charge is 2.66. The average molecular weight is 438 g/mol. The third kappa shape index (κ3) is 4.49. The molecule has 28 heavy (non-hydrogen) atoms. The Hall–Kier alpha value is -1.66. The lowest BCUT2D eigenvalue weighted by molar-refractivity contribution is -0.156. The van der Waals surface area contributed by atoms with Crippen molar-refractivity contribution in [2.24, 2.45) is 10.8 Å². The number of benzene rings is 2. The van der Waals surface area contributed by atoms with Gasteiger partial charge in [-0.2, -0.15) is 0 Å². The summed E-state index contributed by atoms with van der Waals surface area (Å²) in [5.74, 6) is 0.934. The van der Waals surface area contributed by atoms with Crippen molar-refractivity contribution < 1.29 is 14.3 Å². The average Bonchev–Trinajstić information content (AvgIpc) is 3.21. The van der Waals surface area contributed by atoms with Crippen molar-refractivity contribution in [1.29, 1.82) is 0 Å². The number of carbonyl (C=O) groups excluding carboxylic acids is 1. The molecule has 0 saturated heterocycles. The standard InChI is InChI=1S/C21H21Cl2NO3S/c1-20(2)13-21(20,12-17(22)23)19(25)27-18(24-28)14-7-6-10-16(11-14)26-15-8-4-3-5-9-15/h3-12,18,24,28H,13H2,1-2H3. The maximum absolute atomic E-state index is 12.9. The highest BCUT2D eigenvalue weighted by molar-refractivity contribution is 7.78. The van der Waals surface area contributed by atoms with E-state index >= 15 is 0 Å². The van der Waals surface area contributed by atoms with Crippen LogP contribution in [0.4, 0.5) is 0 Å². The van der Waals surface area contributed by atoms with E-state index in [1.54, 1.807) is 12.1 Å². The maximum atomic E-state index is 12.9. The van der Waals surface area contributed by atoms with Crippen LogP contribution in [0.15, 0.2) is 65.2 Å². The number of hydrogen-bond acceptors (Lipinski definition) is 5. The first kappa shape index (κ1) is 21.1. The molecule has 1 aliphatic carbocycles. The number of carbonyl (C=O) groups is 1. The molecule has 2 unspecified atom stereocenters. The monoisotopic (exact) mass is 437 g/mol. The normalized spacial score (nSPS) is 20.8. The Morgan fingerprint density at radius 2 is 1.79 bits per heavy atom. The largest absolute Gasteiger partial charge is 0.457 e. The van der Waals surface area contributed by atoms with Crippen molar-refractivity contribution >= 4 is 42.0 Å². The third-order valence-electron chi connectivity index (χ3n) is 5.01. The zero-order valence-electron chi connectivity index (χ0n) is 15.5. The van der Waals surface area contributed by atoms with Gasteiger partial charge in [-0.3, -0.25) is 4.79 Å². The molecule has 2 aromatic rings. The number of hydrogen-bond donors (Lipinski definition) is 2. The summed E-state index contributed by atoms with van der Waals surface area (Å²) >= 11 is 15.8. The Morgan fingerprint density at radius 1 is 1.14 bits per heavy atom. The van der Waals surface area contributed by atoms with Gasteiger partial charge in [0.15, 0.2) is 6.23 Å². The first-order chi connectivity index (χ1) is 13.3. The summed E-state index contributed by atoms with van der Waals surface area (Å²) in [6, 6.07) is 16.7. The van der Waals surface area contributed by atoms with Crippen LogP contribution < -0.4 is 9.46 Å². The van der Waals surface area contributed by atoms with Gasteiger partial charge in [0.2, 0.25) is 0 Å². The Bertz CT molecular complexity index is 884. The molecule has 0 bridgehead atoms. The fraction of sp³-hybridized carbons (Fsp3) is 0.286. The van der Waals surface area contributed by atoms with Crippen LogP contribution in [-0.4, -0.2) is 5.97 Å². The first-order valence-corrected chi connectivity index (χ1v) is 9.95. The van der Waals surface area contributed by atoms with E-state index in [4.69, 9.17) is 32.7 Å². The quantitative estimate of drug-likeness (QED) is 0.307. The molecular formula is C21H21Cl2NO3S. The molecule has 0 heterocycles. The minimum Gasteiger partial charge on any atom is -0.457 e. The van der Waals surface area contributed by atoms with Crippen LogP contribution in [0.1, 0.15) is 32.1 Å². The molecule has 0 amide bonds. The summed E-state index contributed by atoms with van der Waals surface area (Å²) in [6.45, 7) is 3.94. The van der Waals surface area contributed by atoms with Gasteiger partial charge in [-0.05, 0) is 42.2 Å². The van der Waals surface area contributed by atoms with Gasteiger partial charge in [-0.1, -0.05) is 80.2 Å². The van der Waals surface area contributed by atoms with Crippen LogP contribution in [0, 0.1) is 10.8 Å². The smallest absolute Gasteiger partial charge is 0.318 e. The molecule has 2 atom stereocenters. The zero-order valence-corrected chi connectivity index (χ0v) is 17.9. The molecule has 0 aliphatic heterocycles. The minimum atomic E-state index is -0.840. The molecule has 1 fully saturated rings. The highest BCUT2D eigenvalue weighted by atomic mass is 35.5. The zero-order chi connectivity index (χ0) is 20.4. The minimum absolute atomic E-state index is 0.0520. The van der Waals surface area contributed by atoms with Crippen molar-refractivity contribution in [2.75, 3.05) is 0 Å². The number of thiol groups is 1. The van der Waals surface area contributed by atoms with Gasteiger partial charge in [0.05, 0.1) is 5.41 Å². The molecule has 148 valence electrons. The predicted molar refractivity (Wildman–Crippen MR) is 115 cm³/mol. The van der Waals surface area contributed by atoms with Gasteiger partial charge in [0, 0.05) is 5.56 Å². The lowest BCUT2D eigenvalue weighted by atomic mass is 9.96. The lowest BCUT2D eigenvalue weighted by Gasteiger charge is -2.22. The van der Waals surface area contributed by atoms with Gasteiger partial charge in [0.25, 0.3) is 0 Å². The van der Waals surface area contributed by atoms with E-state index < -0.39 is 17.6 Å². The second-order valence-corrected chi connectivity index (χ2v) is 8.63. The van der Waals surface area contributed by atoms with E-state index in [1.807, 2.05) is 62.4 Å². The van der Waals surface area contributed by atoms with Crippen molar-refractivity contribution in [1.82, 2.24) is 4.72 Å². The van der Waals surface area contributed by atoms with Gasteiger partial charge in [-0.25, -0.2) is 4.72 Å². The van der Waals surface area contributed by atoms with E-state index in [-0.39, 0.29) is 9.91 Å². The summed E-state index contributed by atoms with van der Waals surface area (Å²) in [5.41, 5.74) is -0.419. The number of nitrogens with one attached hydrogen (secondary N) is 1. The van der Waals surface area contributed by atoms with E-state index in [2.05, 4.69) is 17.5 Å². The predicted octanol–water partition coefficient (Wildman–Crippen LogP) is 6.19. The molecule has 1 N–H and O–H groups in total. The topological polar surface area (TPSA) is 47.6 Å². The summed E-state index contributed by atoms with van der Waals surface area (Å²) in [4.78, 5) is 12.9. The Kier molecular flexibility index (Phi) is 6.30. The van der Waals surface area contributed by atoms with Crippen LogP contribution in [-0.2, 0) is 9.53 Å². The van der Waals surface area contributed by atoms with E-state index in [1.165, 1.54) is 0 Å². The molecule has 3 rings (SSSR count). The van der Waals surface area contributed by atoms with Gasteiger partial charge >= 0.3 is 5.97 Å². The molecule has 0 aromatic heterocycles. The van der Waals surface area contributed by atoms with Crippen molar-refractivity contribution in [3.05, 3.63) is 70.7 Å². The van der Waals surface area contributed by atoms with Crippen LogP contribution >= 0.6 is 36.0 Å². The van der Waals surface area contributed by atoms with Gasteiger partial charge < -0.3 is 9.47 Å². The second-order valence-electron chi connectivity index (χ2n) is 7.37. The van der Waals surface area contributed by atoms with Crippen molar-refractivity contribution in [2.45, 2.75) is 26.5 Å². The number of esters is 1. The molecule has 1 saturated carbocycles. The van der Waals surface area contributed by atoms with Crippen LogP contribution in [0.2, 0.25) is 0 Å². The SMILES string of the molecule is CC1(C)CC1(C=C(Cl)Cl)C(=O)OC(NS)c1cccc(Oc2ccccc2)c1. The Labute approximate surface area is 180 Å². The molecule has 0 radical (unpaired) electrons. The molecule has 7 heteroatoms. The fourth-order valence-corrected chi connectivity index (χ4v) is 3.81. The fourth-order valence-electron chi connectivity index (χ4n) is 3.24. The van der Waals surface area contributed by atoms with Gasteiger partial charge in [-0.15, -0.1) is 0 Å². The summed E-state index contributed by atoms with van der Waals surface area (Å²) in [7, 11) is 0. The van der Waals surface area contributed by atoms with Crippen molar-refractivity contribution in [3.63, 3.8) is 0 Å². The van der Waals surface area contributed by atoms with Gasteiger partial charge in [0.1, 0.15) is 16.0 Å². The van der Waals surface area contributed by atoms with E-state index in [0.29, 0.717) is 23.5 Å². The molecule has 2 aromatic carbocycles. The third-order valence-corrected chi connectivity index (χ3v) is 5.46. The highest BCUT2D eigenvalue weighted by Crippen LogP contribution is 2.66. The molecular weight excluding hydrogens is 417 g/mol. The van der Waals surface area contributed by atoms with E-state index in [9.17, 15) is 4.79 Å². The number of rotatable bonds is 7. The molecule has 0 spiro atoms. The van der Waals surface area contributed by atoms with Crippen LogP contribution in [0.25, 0.3) is 0 Å². The number of para-hydroxylation sites is 1. The molecule has 1 aliphatic rings.